The van der Waals surface area contributed by atoms with Crippen LogP contribution in [0.1, 0.15) is 13.8 Å². The first-order chi connectivity index (χ1) is 7.59. The molecule has 0 aromatic heterocycles. The summed E-state index contributed by atoms with van der Waals surface area (Å²) in [6, 6.07) is 5.78. The molecule has 1 aromatic rings. The molecular formula is C12H17BrClNO. The van der Waals surface area contributed by atoms with Crippen LogP contribution < -0.4 is 5.32 Å². The topological polar surface area (TPSA) is 21.3 Å². The minimum Gasteiger partial charge on any atom is -0.383 e. The van der Waals surface area contributed by atoms with Crippen LogP contribution in [-0.4, -0.2) is 19.8 Å². The summed E-state index contributed by atoms with van der Waals surface area (Å²) in [4.78, 5) is 0. The van der Waals surface area contributed by atoms with Gasteiger partial charge in [-0.25, -0.2) is 0 Å². The van der Waals surface area contributed by atoms with Gasteiger partial charge in [-0.15, -0.1) is 0 Å². The van der Waals surface area contributed by atoms with Gasteiger partial charge in [0.1, 0.15) is 0 Å². The third kappa shape index (κ3) is 5.19. The molecule has 0 unspecified atom stereocenters. The summed E-state index contributed by atoms with van der Waals surface area (Å²) < 4.78 is 6.38. The summed E-state index contributed by atoms with van der Waals surface area (Å²) >= 11 is 9.28. The fraction of sp³-hybridized carbons (Fsp3) is 0.500. The van der Waals surface area contributed by atoms with Crippen LogP contribution in [0.3, 0.4) is 0 Å². The number of benzene rings is 1. The van der Waals surface area contributed by atoms with Crippen molar-refractivity contribution in [3.63, 3.8) is 0 Å². The Morgan fingerprint density at radius 1 is 1.44 bits per heavy atom. The largest absolute Gasteiger partial charge is 0.383 e. The molecule has 0 bridgehead atoms. The zero-order chi connectivity index (χ0) is 12.0. The Balaban J connectivity index is 2.24. The van der Waals surface area contributed by atoms with Gasteiger partial charge in [0.25, 0.3) is 0 Å². The second-order valence-electron chi connectivity index (χ2n) is 4.02. The summed E-state index contributed by atoms with van der Waals surface area (Å²) in [5.41, 5.74) is 1.05. The normalized spacial score (nSPS) is 10.8. The number of halogens is 2. The molecule has 0 spiro atoms. The van der Waals surface area contributed by atoms with Crippen LogP contribution in [0, 0.1) is 5.92 Å². The highest BCUT2D eigenvalue weighted by Crippen LogP contribution is 2.25. The minimum atomic E-state index is 0.588. The molecule has 4 heteroatoms. The van der Waals surface area contributed by atoms with E-state index in [4.69, 9.17) is 16.3 Å². The van der Waals surface area contributed by atoms with Gasteiger partial charge in [-0.1, -0.05) is 25.4 Å². The number of rotatable bonds is 6. The SMILES string of the molecule is CC(C)COCCNc1ccc(Cl)c(Br)c1. The Labute approximate surface area is 110 Å². The molecule has 0 radical (unpaired) electrons. The van der Waals surface area contributed by atoms with Crippen molar-refractivity contribution in [2.24, 2.45) is 5.92 Å². The predicted molar refractivity (Wildman–Crippen MR) is 73.3 cm³/mol. The first kappa shape index (κ1) is 13.8. The third-order valence-electron chi connectivity index (χ3n) is 1.95. The van der Waals surface area contributed by atoms with Gasteiger partial charge in [-0.05, 0) is 40.0 Å². The van der Waals surface area contributed by atoms with Crippen LogP contribution in [0.15, 0.2) is 22.7 Å². The van der Waals surface area contributed by atoms with E-state index in [2.05, 4.69) is 35.1 Å². The Morgan fingerprint density at radius 2 is 2.19 bits per heavy atom. The third-order valence-corrected chi connectivity index (χ3v) is 3.16. The molecule has 0 aliphatic carbocycles. The lowest BCUT2D eigenvalue weighted by Gasteiger charge is -2.09. The number of hydrogen-bond donors (Lipinski definition) is 1. The van der Waals surface area contributed by atoms with Crippen molar-refractivity contribution >= 4 is 33.2 Å². The van der Waals surface area contributed by atoms with Crippen molar-refractivity contribution in [1.82, 2.24) is 0 Å². The van der Waals surface area contributed by atoms with Gasteiger partial charge >= 0.3 is 0 Å². The molecule has 90 valence electrons. The average Bonchev–Trinajstić information content (AvgIpc) is 2.22. The van der Waals surface area contributed by atoms with Gasteiger partial charge in [-0.2, -0.15) is 0 Å². The molecule has 0 saturated heterocycles. The minimum absolute atomic E-state index is 0.588. The molecule has 0 aliphatic rings. The maximum absolute atomic E-state index is 5.90. The molecule has 1 N–H and O–H groups in total. The summed E-state index contributed by atoms with van der Waals surface area (Å²) in [6.45, 7) is 6.62. The first-order valence-electron chi connectivity index (χ1n) is 5.36. The molecule has 0 heterocycles. The van der Waals surface area contributed by atoms with Crippen LogP contribution in [0.5, 0.6) is 0 Å². The molecule has 0 saturated carbocycles. The van der Waals surface area contributed by atoms with Gasteiger partial charge in [0, 0.05) is 23.3 Å². The number of ether oxygens (including phenoxy) is 1. The van der Waals surface area contributed by atoms with E-state index in [0.717, 1.165) is 34.9 Å². The summed E-state index contributed by atoms with van der Waals surface area (Å²) in [6.07, 6.45) is 0. The van der Waals surface area contributed by atoms with Crippen molar-refractivity contribution in [3.8, 4) is 0 Å². The average molecular weight is 307 g/mol. The van der Waals surface area contributed by atoms with Crippen LogP contribution in [0.4, 0.5) is 5.69 Å². The Hall–Kier alpha value is -0.250. The van der Waals surface area contributed by atoms with Crippen LogP contribution in [-0.2, 0) is 4.74 Å². The van der Waals surface area contributed by atoms with Crippen molar-refractivity contribution < 1.29 is 4.74 Å². The highest BCUT2D eigenvalue weighted by Gasteiger charge is 1.98. The maximum Gasteiger partial charge on any atom is 0.0639 e. The monoisotopic (exact) mass is 305 g/mol. The van der Waals surface area contributed by atoms with Crippen LogP contribution in [0.2, 0.25) is 5.02 Å². The van der Waals surface area contributed by atoms with E-state index in [1.807, 2.05) is 18.2 Å². The molecular weight excluding hydrogens is 289 g/mol. The van der Waals surface area contributed by atoms with Gasteiger partial charge in [-0.3, -0.25) is 0 Å². The summed E-state index contributed by atoms with van der Waals surface area (Å²) in [7, 11) is 0. The molecule has 1 aromatic carbocycles. The van der Waals surface area contributed by atoms with Crippen molar-refractivity contribution in [3.05, 3.63) is 27.7 Å². The quantitative estimate of drug-likeness (QED) is 0.796. The second kappa shape index (κ2) is 7.15. The predicted octanol–water partition coefficient (Wildman–Crippen LogP) is 4.19. The van der Waals surface area contributed by atoms with Gasteiger partial charge in [0.15, 0.2) is 0 Å². The second-order valence-corrected chi connectivity index (χ2v) is 5.29. The molecule has 1 rings (SSSR count). The number of anilines is 1. The standard InChI is InChI=1S/C12H17BrClNO/c1-9(2)8-16-6-5-15-10-3-4-12(14)11(13)7-10/h3-4,7,9,15H,5-6,8H2,1-2H3. The molecule has 0 atom stereocenters. The molecule has 0 fully saturated rings. The molecule has 0 amide bonds. The highest BCUT2D eigenvalue weighted by atomic mass is 79.9. The van der Waals surface area contributed by atoms with E-state index in [9.17, 15) is 0 Å². The fourth-order valence-corrected chi connectivity index (χ4v) is 1.69. The number of hydrogen-bond acceptors (Lipinski definition) is 2. The highest BCUT2D eigenvalue weighted by molar-refractivity contribution is 9.10. The van der Waals surface area contributed by atoms with E-state index < -0.39 is 0 Å². The Kier molecular flexibility index (Phi) is 6.17. The van der Waals surface area contributed by atoms with Crippen LogP contribution >= 0.6 is 27.5 Å². The van der Waals surface area contributed by atoms with Gasteiger partial charge < -0.3 is 10.1 Å². The smallest absolute Gasteiger partial charge is 0.0639 e. The Bertz CT molecular complexity index is 331. The van der Waals surface area contributed by atoms with E-state index in [1.54, 1.807) is 0 Å². The first-order valence-corrected chi connectivity index (χ1v) is 6.53. The zero-order valence-corrected chi connectivity index (χ0v) is 11.9. The lowest BCUT2D eigenvalue weighted by Crippen LogP contribution is -2.12. The van der Waals surface area contributed by atoms with Gasteiger partial charge in [0.05, 0.1) is 11.6 Å². The molecule has 16 heavy (non-hydrogen) atoms. The van der Waals surface area contributed by atoms with E-state index in [1.165, 1.54) is 0 Å². The molecule has 0 aliphatic heterocycles. The van der Waals surface area contributed by atoms with Gasteiger partial charge in [0.2, 0.25) is 0 Å². The maximum atomic E-state index is 5.90. The van der Waals surface area contributed by atoms with E-state index >= 15 is 0 Å². The molecule has 2 nitrogen and oxygen atoms in total. The number of nitrogens with one attached hydrogen (secondary N) is 1. The lowest BCUT2D eigenvalue weighted by atomic mass is 10.2. The van der Waals surface area contributed by atoms with Crippen molar-refractivity contribution in [2.75, 3.05) is 25.1 Å². The van der Waals surface area contributed by atoms with E-state index in [-0.39, 0.29) is 0 Å². The Morgan fingerprint density at radius 3 is 2.81 bits per heavy atom. The fourth-order valence-electron chi connectivity index (χ4n) is 1.19. The van der Waals surface area contributed by atoms with Crippen molar-refractivity contribution in [1.29, 1.82) is 0 Å². The van der Waals surface area contributed by atoms with Crippen LogP contribution in [0.25, 0.3) is 0 Å². The zero-order valence-electron chi connectivity index (χ0n) is 9.59. The lowest BCUT2D eigenvalue weighted by molar-refractivity contribution is 0.118. The van der Waals surface area contributed by atoms with E-state index in [0.29, 0.717) is 5.92 Å². The summed E-state index contributed by atoms with van der Waals surface area (Å²) in [5.74, 6) is 0.588. The summed E-state index contributed by atoms with van der Waals surface area (Å²) in [5, 5.41) is 4.00. The van der Waals surface area contributed by atoms with Crippen molar-refractivity contribution in [2.45, 2.75) is 13.8 Å².